The Labute approximate surface area is 215 Å². The molecule has 0 atom stereocenters. The van der Waals surface area contributed by atoms with Crippen LogP contribution in [-0.4, -0.2) is 40.4 Å². The molecule has 36 heavy (non-hydrogen) atoms. The first-order valence-corrected chi connectivity index (χ1v) is 12.3. The molecule has 0 aliphatic carbocycles. The number of H-pyrrole nitrogens is 1. The van der Waals surface area contributed by atoms with E-state index in [-0.39, 0.29) is 17.2 Å². The van der Waals surface area contributed by atoms with Gasteiger partial charge in [-0.2, -0.15) is 0 Å². The Morgan fingerprint density at radius 1 is 1.08 bits per heavy atom. The molecule has 5 rings (SSSR count). The molecule has 2 aromatic heterocycles. The number of para-hydroxylation sites is 1. The third-order valence-electron chi connectivity index (χ3n) is 5.58. The summed E-state index contributed by atoms with van der Waals surface area (Å²) in [7, 11) is 3.07. The number of nitrogens with zero attached hydrogens (tertiary/aromatic N) is 2. The number of hydrogen-bond donors (Lipinski definition) is 2. The first-order chi connectivity index (χ1) is 17.5. The van der Waals surface area contributed by atoms with Crippen LogP contribution in [0.4, 0.5) is 5.69 Å². The number of thioether (sulfide) groups is 1. The number of fused-ring (bicyclic) bond motifs is 3. The molecule has 0 unspecified atom stereocenters. The fraction of sp³-hybridized carbons (Fsp3) is 0.115. The number of methoxy groups -OCH3 is 2. The van der Waals surface area contributed by atoms with Crippen molar-refractivity contribution in [3.8, 4) is 17.2 Å². The Balaban J connectivity index is 1.52. The van der Waals surface area contributed by atoms with Crippen molar-refractivity contribution in [3.05, 3.63) is 82.1 Å². The Bertz CT molecular complexity index is 1660. The van der Waals surface area contributed by atoms with E-state index in [9.17, 15) is 9.59 Å². The average molecular weight is 521 g/mol. The van der Waals surface area contributed by atoms with Gasteiger partial charge in [0.05, 0.1) is 31.3 Å². The number of hydrogen-bond acceptors (Lipinski definition) is 6. The summed E-state index contributed by atoms with van der Waals surface area (Å²) >= 11 is 7.37. The molecule has 0 aliphatic rings. The molecule has 0 fully saturated rings. The van der Waals surface area contributed by atoms with Crippen LogP contribution in [0.15, 0.2) is 76.7 Å². The lowest BCUT2D eigenvalue weighted by atomic mass is 10.2. The SMILES string of the molecule is COc1ccc(NC(=O)CSc2nc3c([nH]c4ccccc43)c(=O)n2-c2cccc(Cl)c2)c(OC)c1. The van der Waals surface area contributed by atoms with Gasteiger partial charge in [-0.05, 0) is 36.4 Å². The number of carbonyl (C=O) groups is 1. The lowest BCUT2D eigenvalue weighted by Crippen LogP contribution is -2.23. The zero-order chi connectivity index (χ0) is 25.2. The molecule has 2 N–H and O–H groups in total. The minimum atomic E-state index is -0.283. The summed E-state index contributed by atoms with van der Waals surface area (Å²) in [6, 6.07) is 19.7. The van der Waals surface area contributed by atoms with Crippen LogP contribution in [0.3, 0.4) is 0 Å². The van der Waals surface area contributed by atoms with E-state index in [1.165, 1.54) is 11.7 Å². The van der Waals surface area contributed by atoms with Gasteiger partial charge in [-0.15, -0.1) is 0 Å². The van der Waals surface area contributed by atoms with Crippen LogP contribution < -0.4 is 20.3 Å². The van der Waals surface area contributed by atoms with E-state index in [0.717, 1.165) is 22.7 Å². The van der Waals surface area contributed by atoms with Gasteiger partial charge in [0.25, 0.3) is 5.56 Å². The molecule has 3 aromatic carbocycles. The number of rotatable bonds is 7. The highest BCUT2D eigenvalue weighted by Crippen LogP contribution is 2.30. The molecule has 0 saturated carbocycles. The molecule has 2 heterocycles. The van der Waals surface area contributed by atoms with Crippen molar-refractivity contribution in [2.24, 2.45) is 0 Å². The molecular weight excluding hydrogens is 500 g/mol. The van der Waals surface area contributed by atoms with Crippen LogP contribution in [0.5, 0.6) is 11.5 Å². The first kappa shape index (κ1) is 23.8. The fourth-order valence-electron chi connectivity index (χ4n) is 3.90. The summed E-state index contributed by atoms with van der Waals surface area (Å²) in [5.74, 6) is 0.813. The van der Waals surface area contributed by atoms with E-state index in [0.29, 0.717) is 44.1 Å². The monoisotopic (exact) mass is 520 g/mol. The van der Waals surface area contributed by atoms with Gasteiger partial charge in [-0.1, -0.05) is 47.6 Å². The molecule has 0 bridgehead atoms. The summed E-state index contributed by atoms with van der Waals surface area (Å²) in [5.41, 5.74) is 2.53. The lowest BCUT2D eigenvalue weighted by Gasteiger charge is -2.13. The maximum Gasteiger partial charge on any atom is 0.283 e. The third-order valence-corrected chi connectivity index (χ3v) is 6.75. The van der Waals surface area contributed by atoms with E-state index >= 15 is 0 Å². The largest absolute Gasteiger partial charge is 0.497 e. The number of amides is 1. The van der Waals surface area contributed by atoms with Gasteiger partial charge < -0.3 is 19.8 Å². The molecule has 5 aromatic rings. The van der Waals surface area contributed by atoms with Crippen LogP contribution in [-0.2, 0) is 4.79 Å². The highest BCUT2D eigenvalue weighted by atomic mass is 35.5. The van der Waals surface area contributed by atoms with Gasteiger partial charge in [0.15, 0.2) is 5.16 Å². The standard InChI is InChI=1S/C26H21ClN4O4S/c1-34-17-10-11-20(21(13-17)35-2)28-22(32)14-36-26-30-23-18-8-3-4-9-19(18)29-24(23)25(33)31(26)16-7-5-6-15(27)12-16/h3-13,29H,14H2,1-2H3,(H,28,32). The minimum absolute atomic E-state index is 0.00997. The number of ether oxygens (including phenoxy) is 2. The minimum Gasteiger partial charge on any atom is -0.497 e. The predicted molar refractivity (Wildman–Crippen MR) is 143 cm³/mol. The first-order valence-electron chi connectivity index (χ1n) is 10.9. The van der Waals surface area contributed by atoms with E-state index in [1.807, 2.05) is 24.3 Å². The molecule has 182 valence electrons. The molecule has 1 amide bonds. The second-order valence-corrected chi connectivity index (χ2v) is 9.19. The summed E-state index contributed by atoms with van der Waals surface area (Å²) in [5, 5.41) is 4.53. The highest BCUT2D eigenvalue weighted by molar-refractivity contribution is 7.99. The zero-order valence-electron chi connectivity index (χ0n) is 19.4. The Hall–Kier alpha value is -3.95. The number of anilines is 1. The van der Waals surface area contributed by atoms with Gasteiger partial charge in [-0.3, -0.25) is 14.2 Å². The van der Waals surface area contributed by atoms with Gasteiger partial charge in [-0.25, -0.2) is 4.98 Å². The van der Waals surface area contributed by atoms with Crippen LogP contribution in [0.25, 0.3) is 27.6 Å². The fourth-order valence-corrected chi connectivity index (χ4v) is 4.89. The molecule has 10 heteroatoms. The summed E-state index contributed by atoms with van der Waals surface area (Å²) in [6.07, 6.45) is 0. The van der Waals surface area contributed by atoms with Crippen LogP contribution >= 0.6 is 23.4 Å². The van der Waals surface area contributed by atoms with Gasteiger partial charge in [0.1, 0.15) is 22.5 Å². The zero-order valence-corrected chi connectivity index (χ0v) is 20.9. The van der Waals surface area contributed by atoms with Gasteiger partial charge >= 0.3 is 0 Å². The maximum absolute atomic E-state index is 13.6. The van der Waals surface area contributed by atoms with Crippen LogP contribution in [0.1, 0.15) is 0 Å². The molecular formula is C26H21ClN4O4S. The van der Waals surface area contributed by atoms with Gasteiger partial charge in [0, 0.05) is 22.0 Å². The van der Waals surface area contributed by atoms with Crippen molar-refractivity contribution in [2.75, 3.05) is 25.3 Å². The van der Waals surface area contributed by atoms with Crippen molar-refractivity contribution in [1.29, 1.82) is 0 Å². The number of benzene rings is 3. The second-order valence-electron chi connectivity index (χ2n) is 7.81. The smallest absolute Gasteiger partial charge is 0.283 e. The summed E-state index contributed by atoms with van der Waals surface area (Å²) in [4.78, 5) is 34.4. The third kappa shape index (κ3) is 4.50. The number of aromatic amines is 1. The van der Waals surface area contributed by atoms with Crippen molar-refractivity contribution in [3.63, 3.8) is 0 Å². The van der Waals surface area contributed by atoms with Crippen molar-refractivity contribution >= 4 is 56.9 Å². The number of halogens is 1. The van der Waals surface area contributed by atoms with Crippen LogP contribution in [0.2, 0.25) is 5.02 Å². The Morgan fingerprint density at radius 3 is 2.69 bits per heavy atom. The Morgan fingerprint density at radius 2 is 1.92 bits per heavy atom. The van der Waals surface area contributed by atoms with Gasteiger partial charge in [0.2, 0.25) is 5.91 Å². The van der Waals surface area contributed by atoms with E-state index < -0.39 is 0 Å². The van der Waals surface area contributed by atoms with Crippen molar-refractivity contribution in [1.82, 2.24) is 14.5 Å². The second kappa shape index (κ2) is 9.96. The lowest BCUT2D eigenvalue weighted by molar-refractivity contribution is -0.113. The van der Waals surface area contributed by atoms with Crippen molar-refractivity contribution in [2.45, 2.75) is 5.16 Å². The quantitative estimate of drug-likeness (QED) is 0.224. The molecule has 0 saturated heterocycles. The van der Waals surface area contributed by atoms with Crippen LogP contribution in [0, 0.1) is 0 Å². The number of carbonyl (C=O) groups excluding carboxylic acids is 1. The van der Waals surface area contributed by atoms with Crippen molar-refractivity contribution < 1.29 is 14.3 Å². The Kier molecular flexibility index (Phi) is 6.58. The van der Waals surface area contributed by atoms with E-state index in [4.69, 9.17) is 26.1 Å². The maximum atomic E-state index is 13.6. The number of aromatic nitrogens is 3. The normalized spacial score (nSPS) is 11.1. The summed E-state index contributed by atoms with van der Waals surface area (Å²) < 4.78 is 12.0. The average Bonchev–Trinajstić information content (AvgIpc) is 3.27. The summed E-state index contributed by atoms with van der Waals surface area (Å²) in [6.45, 7) is 0. The molecule has 8 nitrogen and oxygen atoms in total. The topological polar surface area (TPSA) is 98.2 Å². The molecule has 0 spiro atoms. The molecule has 0 radical (unpaired) electrons. The molecule has 0 aliphatic heterocycles. The highest BCUT2D eigenvalue weighted by Gasteiger charge is 2.19. The predicted octanol–water partition coefficient (Wildman–Crippen LogP) is 5.27. The number of nitrogens with one attached hydrogen (secondary N) is 2. The van der Waals surface area contributed by atoms with E-state index in [2.05, 4.69) is 10.3 Å². The van der Waals surface area contributed by atoms with E-state index in [1.54, 1.807) is 49.6 Å².